The summed E-state index contributed by atoms with van der Waals surface area (Å²) in [6.07, 6.45) is 1.15. The Morgan fingerprint density at radius 1 is 1.41 bits per heavy atom. The molecule has 4 nitrogen and oxygen atoms in total. The molecular weight excluding hydrogens is 220 g/mol. The Morgan fingerprint density at radius 3 is 2.47 bits per heavy atom. The van der Waals surface area contributed by atoms with E-state index in [1.54, 1.807) is 0 Å². The van der Waals surface area contributed by atoms with Crippen molar-refractivity contribution in [1.82, 2.24) is 0 Å². The zero-order chi connectivity index (χ0) is 12.8. The monoisotopic (exact) mass is 242 g/mol. The highest BCUT2D eigenvalue weighted by Crippen LogP contribution is 2.33. The van der Waals surface area contributed by atoms with E-state index in [2.05, 4.69) is 0 Å². The van der Waals surface area contributed by atoms with Gasteiger partial charge in [0.2, 0.25) is 0 Å². The fraction of sp³-hybridized carbons (Fsp3) is 0.769. The van der Waals surface area contributed by atoms with Crippen molar-refractivity contribution in [1.29, 1.82) is 0 Å². The number of aliphatic hydroxyl groups is 1. The van der Waals surface area contributed by atoms with Crippen LogP contribution in [-0.2, 0) is 14.3 Å². The summed E-state index contributed by atoms with van der Waals surface area (Å²) < 4.78 is 11.0. The maximum Gasteiger partial charge on any atom is 0.166 e. The average Bonchev–Trinajstić information content (AvgIpc) is 2.31. The predicted molar refractivity (Wildman–Crippen MR) is 64.5 cm³/mol. The van der Waals surface area contributed by atoms with E-state index >= 15 is 0 Å². The lowest BCUT2D eigenvalue weighted by atomic mass is 9.81. The van der Waals surface area contributed by atoms with Crippen molar-refractivity contribution in [2.75, 3.05) is 13.2 Å². The second kappa shape index (κ2) is 6.89. The van der Waals surface area contributed by atoms with Gasteiger partial charge in [-0.15, -0.1) is 0 Å². The van der Waals surface area contributed by atoms with E-state index in [1.807, 2.05) is 20.8 Å². The van der Waals surface area contributed by atoms with Crippen LogP contribution in [0.25, 0.3) is 0 Å². The molecule has 1 N–H and O–H groups in total. The molecule has 1 aliphatic carbocycles. The Hall–Kier alpha value is -0.710. The highest BCUT2D eigenvalue weighted by Gasteiger charge is 2.36. The van der Waals surface area contributed by atoms with E-state index in [-0.39, 0.29) is 5.92 Å². The van der Waals surface area contributed by atoms with E-state index < -0.39 is 12.4 Å². The van der Waals surface area contributed by atoms with Crippen LogP contribution in [0.1, 0.15) is 33.6 Å². The van der Waals surface area contributed by atoms with Gasteiger partial charge in [-0.2, -0.15) is 0 Å². The number of carbonyl (C=O) groups excluding carboxylic acids is 1. The quantitative estimate of drug-likeness (QED) is 0.568. The van der Waals surface area contributed by atoms with Crippen LogP contribution in [0.2, 0.25) is 0 Å². The van der Waals surface area contributed by atoms with Crippen molar-refractivity contribution in [3.05, 3.63) is 11.1 Å². The zero-order valence-corrected chi connectivity index (χ0v) is 10.8. The number of aldehydes is 1. The first kappa shape index (κ1) is 14.4. The molecule has 2 atom stereocenters. The molecule has 1 aliphatic rings. The fourth-order valence-electron chi connectivity index (χ4n) is 2.27. The molecule has 0 saturated carbocycles. The smallest absolute Gasteiger partial charge is 0.166 e. The van der Waals surface area contributed by atoms with Crippen LogP contribution in [-0.4, -0.2) is 37.0 Å². The molecule has 0 aromatic rings. The molecule has 1 rings (SSSR count). The van der Waals surface area contributed by atoms with Crippen LogP contribution >= 0.6 is 0 Å². The van der Waals surface area contributed by atoms with Crippen molar-refractivity contribution >= 4 is 6.29 Å². The molecule has 0 amide bonds. The minimum Gasteiger partial charge on any atom is -0.392 e. The molecule has 98 valence electrons. The van der Waals surface area contributed by atoms with Gasteiger partial charge in [0.15, 0.2) is 6.29 Å². The summed E-state index contributed by atoms with van der Waals surface area (Å²) in [5, 5.41) is 10.1. The van der Waals surface area contributed by atoms with Crippen LogP contribution in [0.4, 0.5) is 0 Å². The molecular formula is C13H22O4. The molecule has 17 heavy (non-hydrogen) atoms. The molecule has 0 radical (unpaired) electrons. The van der Waals surface area contributed by atoms with Crippen LogP contribution in [0, 0.1) is 5.92 Å². The van der Waals surface area contributed by atoms with Gasteiger partial charge in [0.1, 0.15) is 6.29 Å². The SMILES string of the molecule is CCOC(OCC)C1C(C=O)=C(C)CCC1O. The summed E-state index contributed by atoms with van der Waals surface area (Å²) in [4.78, 5) is 11.2. The topological polar surface area (TPSA) is 55.8 Å². The summed E-state index contributed by atoms with van der Waals surface area (Å²) in [5.74, 6) is -0.360. The van der Waals surface area contributed by atoms with Crippen molar-refractivity contribution in [2.24, 2.45) is 5.92 Å². The molecule has 2 unspecified atom stereocenters. The number of aliphatic hydroxyl groups excluding tert-OH is 1. The van der Waals surface area contributed by atoms with Crippen LogP contribution in [0.5, 0.6) is 0 Å². The van der Waals surface area contributed by atoms with Gasteiger partial charge in [-0.1, -0.05) is 5.57 Å². The predicted octanol–water partition coefficient (Wildman–Crippen LogP) is 1.67. The Kier molecular flexibility index (Phi) is 5.82. The first-order valence-electron chi connectivity index (χ1n) is 6.21. The van der Waals surface area contributed by atoms with Crippen molar-refractivity contribution in [3.8, 4) is 0 Å². The molecule has 0 spiro atoms. The van der Waals surface area contributed by atoms with Crippen molar-refractivity contribution < 1.29 is 19.4 Å². The van der Waals surface area contributed by atoms with E-state index in [9.17, 15) is 9.90 Å². The van der Waals surface area contributed by atoms with Crippen molar-refractivity contribution in [3.63, 3.8) is 0 Å². The number of allylic oxidation sites excluding steroid dienone is 1. The molecule has 0 heterocycles. The molecule has 0 aromatic heterocycles. The normalized spacial score (nSPS) is 25.5. The zero-order valence-electron chi connectivity index (χ0n) is 10.8. The van der Waals surface area contributed by atoms with Gasteiger partial charge in [-0.25, -0.2) is 0 Å². The minimum absolute atomic E-state index is 0.360. The van der Waals surface area contributed by atoms with Crippen LogP contribution < -0.4 is 0 Å². The van der Waals surface area contributed by atoms with E-state index in [0.717, 1.165) is 18.3 Å². The van der Waals surface area contributed by atoms with Gasteiger partial charge < -0.3 is 14.6 Å². The van der Waals surface area contributed by atoms with Gasteiger partial charge >= 0.3 is 0 Å². The summed E-state index contributed by atoms with van der Waals surface area (Å²) in [5.41, 5.74) is 1.66. The number of ether oxygens (including phenoxy) is 2. The Balaban J connectivity index is 2.94. The first-order valence-corrected chi connectivity index (χ1v) is 6.21. The molecule has 0 bridgehead atoms. The summed E-state index contributed by atoms with van der Waals surface area (Å²) in [7, 11) is 0. The fourth-order valence-corrected chi connectivity index (χ4v) is 2.27. The lowest BCUT2D eigenvalue weighted by Gasteiger charge is -2.34. The first-order chi connectivity index (χ1) is 8.15. The number of carbonyl (C=O) groups is 1. The highest BCUT2D eigenvalue weighted by molar-refractivity contribution is 5.76. The summed E-state index contributed by atoms with van der Waals surface area (Å²) in [6.45, 7) is 6.67. The Bertz CT molecular complexity index is 279. The molecule has 0 aliphatic heterocycles. The second-order valence-corrected chi connectivity index (χ2v) is 4.26. The van der Waals surface area contributed by atoms with Gasteiger partial charge in [0, 0.05) is 18.8 Å². The summed E-state index contributed by atoms with van der Waals surface area (Å²) >= 11 is 0. The van der Waals surface area contributed by atoms with E-state index in [1.165, 1.54) is 0 Å². The number of hydrogen-bond donors (Lipinski definition) is 1. The lowest BCUT2D eigenvalue weighted by molar-refractivity contribution is -0.180. The van der Waals surface area contributed by atoms with Gasteiger partial charge in [-0.3, -0.25) is 4.79 Å². The standard InChI is InChI=1S/C13H22O4/c1-4-16-13(17-5-2)12-10(8-14)9(3)6-7-11(12)15/h8,11-13,15H,4-7H2,1-3H3. The van der Waals surface area contributed by atoms with Crippen molar-refractivity contribution in [2.45, 2.75) is 46.0 Å². The molecule has 0 saturated heterocycles. The lowest BCUT2D eigenvalue weighted by Crippen LogP contribution is -2.40. The molecule has 0 fully saturated rings. The largest absolute Gasteiger partial charge is 0.392 e. The number of hydrogen-bond acceptors (Lipinski definition) is 4. The average molecular weight is 242 g/mol. The summed E-state index contributed by atoms with van der Waals surface area (Å²) in [6, 6.07) is 0. The third-order valence-electron chi connectivity index (χ3n) is 3.16. The maximum atomic E-state index is 11.2. The Labute approximate surface area is 103 Å². The highest BCUT2D eigenvalue weighted by atomic mass is 16.7. The van der Waals surface area contributed by atoms with Crippen LogP contribution in [0.3, 0.4) is 0 Å². The number of rotatable bonds is 6. The van der Waals surface area contributed by atoms with E-state index in [4.69, 9.17) is 9.47 Å². The minimum atomic E-state index is -0.568. The third kappa shape index (κ3) is 3.37. The molecule has 4 heteroatoms. The third-order valence-corrected chi connectivity index (χ3v) is 3.16. The van der Waals surface area contributed by atoms with Gasteiger partial charge in [-0.05, 0) is 33.6 Å². The van der Waals surface area contributed by atoms with Crippen LogP contribution in [0.15, 0.2) is 11.1 Å². The van der Waals surface area contributed by atoms with Gasteiger partial charge in [0.25, 0.3) is 0 Å². The second-order valence-electron chi connectivity index (χ2n) is 4.26. The van der Waals surface area contributed by atoms with Gasteiger partial charge in [0.05, 0.1) is 12.0 Å². The van der Waals surface area contributed by atoms with E-state index in [0.29, 0.717) is 25.2 Å². The Morgan fingerprint density at radius 2 is 2.00 bits per heavy atom. The molecule has 0 aromatic carbocycles. The maximum absolute atomic E-state index is 11.2.